The van der Waals surface area contributed by atoms with Crippen LogP contribution in [0.5, 0.6) is 0 Å². The van der Waals surface area contributed by atoms with Crippen molar-refractivity contribution in [2.45, 2.75) is 38.5 Å². The smallest absolute Gasteiger partial charge is 0.124 e. The van der Waals surface area contributed by atoms with Gasteiger partial charge in [-0.05, 0) is 30.7 Å². The number of nitrogens with zero attached hydrogens (tertiary/aromatic N) is 2. The van der Waals surface area contributed by atoms with Crippen molar-refractivity contribution in [2.24, 2.45) is 13.0 Å². The second-order valence-corrected chi connectivity index (χ2v) is 6.38. The van der Waals surface area contributed by atoms with Crippen molar-refractivity contribution in [1.29, 1.82) is 0 Å². The summed E-state index contributed by atoms with van der Waals surface area (Å²) in [6.45, 7) is 4.47. The van der Waals surface area contributed by atoms with Crippen LogP contribution in [-0.2, 0) is 18.9 Å². The maximum absolute atomic E-state index is 6.25. The fourth-order valence-corrected chi connectivity index (χ4v) is 3.12. The molecule has 0 bridgehead atoms. The first-order valence-corrected chi connectivity index (χ1v) is 7.42. The van der Waals surface area contributed by atoms with Crippen molar-refractivity contribution in [3.05, 3.63) is 47.2 Å². The molecule has 0 unspecified atom stereocenters. The Morgan fingerprint density at radius 2 is 1.90 bits per heavy atom. The average Bonchev–Trinajstić information content (AvgIpc) is 3.19. The molecule has 0 aliphatic heterocycles. The van der Waals surface area contributed by atoms with E-state index in [1.807, 2.05) is 11.7 Å². The zero-order valence-corrected chi connectivity index (χ0v) is 12.6. The second kappa shape index (κ2) is 4.65. The van der Waals surface area contributed by atoms with E-state index in [2.05, 4.69) is 44.2 Å². The van der Waals surface area contributed by atoms with Crippen molar-refractivity contribution >= 4 is 5.82 Å². The van der Waals surface area contributed by atoms with Crippen LogP contribution in [0.3, 0.4) is 0 Å². The molecular weight excluding hydrogens is 246 g/mol. The number of hydrogen-bond donors (Lipinski definition) is 1. The number of nitrogen functional groups attached to an aromatic ring is 1. The van der Waals surface area contributed by atoms with Gasteiger partial charge < -0.3 is 5.73 Å². The van der Waals surface area contributed by atoms with Gasteiger partial charge in [-0.3, -0.25) is 4.68 Å². The van der Waals surface area contributed by atoms with Crippen molar-refractivity contribution in [1.82, 2.24) is 9.78 Å². The van der Waals surface area contributed by atoms with Crippen molar-refractivity contribution < 1.29 is 0 Å². The van der Waals surface area contributed by atoms with E-state index in [0.717, 1.165) is 12.2 Å². The van der Waals surface area contributed by atoms with E-state index >= 15 is 0 Å². The predicted molar refractivity (Wildman–Crippen MR) is 82.6 cm³/mol. The number of aryl methyl sites for hydroxylation is 1. The Balaban J connectivity index is 2.09. The lowest BCUT2D eigenvalue weighted by atomic mass is 9.88. The SMILES string of the molecule is CC(C)Cc1c(C2(c3ccccc3)CC2)nn(C)c1N. The van der Waals surface area contributed by atoms with Crippen LogP contribution >= 0.6 is 0 Å². The van der Waals surface area contributed by atoms with Crippen molar-refractivity contribution in [3.63, 3.8) is 0 Å². The summed E-state index contributed by atoms with van der Waals surface area (Å²) in [4.78, 5) is 0. The molecular formula is C17H23N3. The molecule has 1 aliphatic carbocycles. The summed E-state index contributed by atoms with van der Waals surface area (Å²) in [7, 11) is 1.95. The van der Waals surface area contributed by atoms with Gasteiger partial charge in [0.2, 0.25) is 0 Å². The summed E-state index contributed by atoms with van der Waals surface area (Å²) in [5, 5.41) is 4.77. The van der Waals surface area contributed by atoms with Crippen LogP contribution < -0.4 is 5.73 Å². The van der Waals surface area contributed by atoms with E-state index < -0.39 is 0 Å². The minimum absolute atomic E-state index is 0.112. The Labute approximate surface area is 120 Å². The van der Waals surface area contributed by atoms with E-state index in [1.165, 1.54) is 29.7 Å². The number of nitrogens with two attached hydrogens (primary N) is 1. The Hall–Kier alpha value is -1.77. The van der Waals surface area contributed by atoms with Crippen molar-refractivity contribution in [2.75, 3.05) is 5.73 Å². The summed E-state index contributed by atoms with van der Waals surface area (Å²) in [5.41, 5.74) is 10.2. The first kappa shape index (κ1) is 13.2. The highest BCUT2D eigenvalue weighted by atomic mass is 15.3. The van der Waals surface area contributed by atoms with Crippen molar-refractivity contribution in [3.8, 4) is 0 Å². The van der Waals surface area contributed by atoms with Gasteiger partial charge in [-0.25, -0.2) is 0 Å². The third-order valence-electron chi connectivity index (χ3n) is 4.34. The lowest BCUT2D eigenvalue weighted by Gasteiger charge is -2.16. The molecule has 2 aromatic rings. The van der Waals surface area contributed by atoms with Gasteiger partial charge in [0.05, 0.1) is 5.69 Å². The summed E-state index contributed by atoms with van der Waals surface area (Å²) >= 11 is 0. The standard InChI is InChI=1S/C17H23N3/c1-12(2)11-14-15(19-20(3)16(14)18)17(9-10-17)13-7-5-4-6-8-13/h4-8,12H,9-11,18H2,1-3H3. The van der Waals surface area contributed by atoms with Crippen LogP contribution in [-0.4, -0.2) is 9.78 Å². The van der Waals surface area contributed by atoms with Gasteiger partial charge >= 0.3 is 0 Å². The lowest BCUT2D eigenvalue weighted by molar-refractivity contribution is 0.636. The number of benzene rings is 1. The van der Waals surface area contributed by atoms with Gasteiger partial charge in [-0.15, -0.1) is 0 Å². The molecule has 1 fully saturated rings. The van der Waals surface area contributed by atoms with Crippen LogP contribution in [0.4, 0.5) is 5.82 Å². The van der Waals surface area contributed by atoms with Gasteiger partial charge in [0.1, 0.15) is 5.82 Å². The van der Waals surface area contributed by atoms with Crippen LogP contribution in [0.15, 0.2) is 30.3 Å². The minimum atomic E-state index is 0.112. The molecule has 3 heteroatoms. The van der Waals surface area contributed by atoms with Gasteiger partial charge in [-0.1, -0.05) is 44.2 Å². The van der Waals surface area contributed by atoms with E-state index in [0.29, 0.717) is 5.92 Å². The highest BCUT2D eigenvalue weighted by molar-refractivity contribution is 5.53. The molecule has 1 heterocycles. The Kier molecular flexibility index (Phi) is 3.08. The number of hydrogen-bond acceptors (Lipinski definition) is 2. The molecule has 1 aliphatic rings. The third-order valence-corrected chi connectivity index (χ3v) is 4.34. The first-order valence-electron chi connectivity index (χ1n) is 7.42. The molecule has 2 N–H and O–H groups in total. The van der Waals surface area contributed by atoms with E-state index in [1.54, 1.807) is 0 Å². The van der Waals surface area contributed by atoms with Gasteiger partial charge in [-0.2, -0.15) is 5.10 Å². The highest BCUT2D eigenvalue weighted by Crippen LogP contribution is 2.54. The summed E-state index contributed by atoms with van der Waals surface area (Å²) in [6, 6.07) is 10.7. The zero-order valence-electron chi connectivity index (χ0n) is 12.6. The average molecular weight is 269 g/mol. The number of rotatable bonds is 4. The minimum Gasteiger partial charge on any atom is -0.384 e. The molecule has 0 spiro atoms. The van der Waals surface area contributed by atoms with Gasteiger partial charge in [0.15, 0.2) is 0 Å². The summed E-state index contributed by atoms with van der Waals surface area (Å²) < 4.78 is 1.84. The Bertz CT molecular complexity index is 607. The first-order chi connectivity index (χ1) is 9.54. The largest absolute Gasteiger partial charge is 0.384 e. The normalized spacial score (nSPS) is 16.6. The fraction of sp³-hybridized carbons (Fsp3) is 0.471. The van der Waals surface area contributed by atoms with Crippen LogP contribution in [0.1, 0.15) is 43.5 Å². The highest BCUT2D eigenvalue weighted by Gasteiger charge is 2.49. The molecule has 1 saturated carbocycles. The Morgan fingerprint density at radius 3 is 2.45 bits per heavy atom. The maximum Gasteiger partial charge on any atom is 0.124 e. The summed E-state index contributed by atoms with van der Waals surface area (Å²) in [5.74, 6) is 1.42. The number of aromatic nitrogens is 2. The monoisotopic (exact) mass is 269 g/mol. The topological polar surface area (TPSA) is 43.8 Å². The zero-order chi connectivity index (χ0) is 14.3. The third kappa shape index (κ3) is 2.01. The lowest BCUT2D eigenvalue weighted by Crippen LogP contribution is -2.13. The van der Waals surface area contributed by atoms with E-state index in [9.17, 15) is 0 Å². The molecule has 1 aromatic carbocycles. The molecule has 106 valence electrons. The quantitative estimate of drug-likeness (QED) is 0.925. The number of anilines is 1. The molecule has 3 rings (SSSR count). The Morgan fingerprint density at radius 1 is 1.25 bits per heavy atom. The molecule has 0 atom stereocenters. The molecule has 0 radical (unpaired) electrons. The molecule has 20 heavy (non-hydrogen) atoms. The fourth-order valence-electron chi connectivity index (χ4n) is 3.12. The van der Waals surface area contributed by atoms with Gasteiger partial charge in [0, 0.05) is 18.0 Å². The molecule has 0 saturated heterocycles. The maximum atomic E-state index is 6.25. The molecule has 3 nitrogen and oxygen atoms in total. The van der Waals surface area contributed by atoms with Gasteiger partial charge in [0.25, 0.3) is 0 Å². The van der Waals surface area contributed by atoms with E-state index in [-0.39, 0.29) is 5.41 Å². The predicted octanol–water partition coefficient (Wildman–Crippen LogP) is 3.28. The molecule has 0 amide bonds. The van der Waals surface area contributed by atoms with E-state index in [4.69, 9.17) is 10.8 Å². The van der Waals surface area contributed by atoms with Crippen LogP contribution in [0.2, 0.25) is 0 Å². The van der Waals surface area contributed by atoms with Crippen LogP contribution in [0.25, 0.3) is 0 Å². The second-order valence-electron chi connectivity index (χ2n) is 6.38. The van der Waals surface area contributed by atoms with Crippen LogP contribution in [0, 0.1) is 5.92 Å². The molecule has 1 aromatic heterocycles. The summed E-state index contributed by atoms with van der Waals surface area (Å²) in [6.07, 6.45) is 3.36.